The Morgan fingerprint density at radius 3 is 1.44 bits per heavy atom. The molecule has 0 aliphatic heterocycles. The van der Waals surface area contributed by atoms with Gasteiger partial charge in [-0.15, -0.1) is 0 Å². The molecule has 0 aromatic carbocycles. The number of carbonyl (C=O) groups is 1. The molecular formula is C52H96N2O6P+. The number of phosphoric ester groups is 1. The highest BCUT2D eigenvalue weighted by Crippen LogP contribution is 2.43. The van der Waals surface area contributed by atoms with Gasteiger partial charge < -0.3 is 19.8 Å². The number of nitrogens with zero attached hydrogens (tertiary/aromatic N) is 1. The minimum Gasteiger partial charge on any atom is -0.387 e. The van der Waals surface area contributed by atoms with Gasteiger partial charge in [-0.25, -0.2) is 4.57 Å². The molecule has 0 radical (unpaired) electrons. The van der Waals surface area contributed by atoms with E-state index in [0.717, 1.165) is 70.6 Å². The Bertz CT molecular complexity index is 1220. The summed E-state index contributed by atoms with van der Waals surface area (Å²) < 4.78 is 23.5. The first-order chi connectivity index (χ1) is 29.5. The molecule has 0 aliphatic rings. The number of hydrogen-bond donors (Lipinski definition) is 3. The monoisotopic (exact) mass is 876 g/mol. The second-order valence-electron chi connectivity index (χ2n) is 17.8. The predicted molar refractivity (Wildman–Crippen MR) is 263 cm³/mol. The molecule has 0 aromatic rings. The van der Waals surface area contributed by atoms with E-state index in [-0.39, 0.29) is 19.1 Å². The lowest BCUT2D eigenvalue weighted by atomic mass is 10.0. The predicted octanol–water partition coefficient (Wildman–Crippen LogP) is 14.4. The second-order valence-corrected chi connectivity index (χ2v) is 19.3. The molecule has 0 saturated carbocycles. The molecule has 61 heavy (non-hydrogen) atoms. The van der Waals surface area contributed by atoms with Gasteiger partial charge in [0.25, 0.3) is 0 Å². The van der Waals surface area contributed by atoms with E-state index in [4.69, 9.17) is 9.05 Å². The highest BCUT2D eigenvalue weighted by Gasteiger charge is 2.27. The Morgan fingerprint density at radius 1 is 0.574 bits per heavy atom. The molecule has 0 spiro atoms. The van der Waals surface area contributed by atoms with Gasteiger partial charge in [0.15, 0.2) is 0 Å². The molecule has 0 fully saturated rings. The van der Waals surface area contributed by atoms with Crippen molar-refractivity contribution in [2.75, 3.05) is 40.9 Å². The molecule has 0 heterocycles. The van der Waals surface area contributed by atoms with Crippen LogP contribution in [0.15, 0.2) is 72.9 Å². The van der Waals surface area contributed by atoms with Crippen molar-refractivity contribution in [1.82, 2.24) is 5.32 Å². The Labute approximate surface area is 376 Å². The van der Waals surface area contributed by atoms with Gasteiger partial charge in [0, 0.05) is 6.42 Å². The van der Waals surface area contributed by atoms with Gasteiger partial charge in [0.05, 0.1) is 39.9 Å². The standard InChI is InChI=1S/C52H95N2O6P/c1-6-8-10-12-14-16-17-18-19-20-21-22-23-24-25-26-27-28-29-30-31-32-33-34-35-36-37-38-40-42-44-46-52(56)53-50(49-60-61(57,58)59-48-47-54(3,4)5)51(55)45-43-41-39-15-13-11-9-7-2/h8,10,14,16,18-19,21-22,24-25,43,45,50-51,55H,6-7,9,11-13,15,17,20,23,26-42,44,46-49H2,1-5H3,(H-,53,56,57,58)/p+1/b10-8-,16-14-,19-18-,22-21-,25-24-,45-43+. The SMILES string of the molecule is CC/C=C\C/C=C\C/C=C\C/C=C\C/C=C\CCCCCCCCCCCCCCCCCC(=O)NC(COP(=O)(O)OCC[N+](C)(C)C)C(O)/C=C/CCCCCCCC. The molecule has 3 atom stereocenters. The van der Waals surface area contributed by atoms with Crippen molar-refractivity contribution in [3.63, 3.8) is 0 Å². The van der Waals surface area contributed by atoms with Gasteiger partial charge in [0.1, 0.15) is 13.2 Å². The number of hydrogen-bond acceptors (Lipinski definition) is 5. The average molecular weight is 876 g/mol. The Morgan fingerprint density at radius 2 is 0.984 bits per heavy atom. The summed E-state index contributed by atoms with van der Waals surface area (Å²) >= 11 is 0. The molecule has 0 bridgehead atoms. The van der Waals surface area contributed by atoms with Crippen molar-refractivity contribution in [3.05, 3.63) is 72.9 Å². The maximum absolute atomic E-state index is 12.9. The number of carbonyl (C=O) groups excluding carboxylic acids is 1. The topological polar surface area (TPSA) is 105 Å². The Kier molecular flexibility index (Phi) is 41.7. The van der Waals surface area contributed by atoms with Crippen LogP contribution < -0.4 is 5.32 Å². The molecule has 1 amide bonds. The molecule has 8 nitrogen and oxygen atoms in total. The Balaban J connectivity index is 4.01. The summed E-state index contributed by atoms with van der Waals surface area (Å²) in [5, 5.41) is 13.8. The number of allylic oxidation sites excluding steroid dienone is 11. The van der Waals surface area contributed by atoms with Crippen molar-refractivity contribution >= 4 is 13.7 Å². The third kappa shape index (κ3) is 45.8. The first-order valence-corrected chi connectivity index (χ1v) is 26.3. The van der Waals surface area contributed by atoms with Gasteiger partial charge >= 0.3 is 7.82 Å². The zero-order valence-corrected chi connectivity index (χ0v) is 41.0. The van der Waals surface area contributed by atoms with E-state index in [1.54, 1.807) is 6.08 Å². The number of quaternary nitrogens is 1. The van der Waals surface area contributed by atoms with Gasteiger partial charge in [0.2, 0.25) is 5.91 Å². The number of phosphoric acid groups is 1. The molecule has 0 saturated heterocycles. The van der Waals surface area contributed by atoms with Crippen LogP contribution in [0.2, 0.25) is 0 Å². The van der Waals surface area contributed by atoms with Crippen molar-refractivity contribution in [2.45, 2.75) is 212 Å². The summed E-state index contributed by atoms with van der Waals surface area (Å²) in [5.41, 5.74) is 0. The summed E-state index contributed by atoms with van der Waals surface area (Å²) in [6, 6.07) is -0.846. The summed E-state index contributed by atoms with van der Waals surface area (Å²) in [6.07, 6.45) is 58.6. The van der Waals surface area contributed by atoms with Crippen LogP contribution >= 0.6 is 7.82 Å². The van der Waals surface area contributed by atoms with Crippen molar-refractivity contribution < 1.29 is 32.9 Å². The lowest BCUT2D eigenvalue weighted by Gasteiger charge is -2.25. The van der Waals surface area contributed by atoms with Crippen LogP contribution in [0.4, 0.5) is 0 Å². The van der Waals surface area contributed by atoms with Crippen molar-refractivity contribution in [2.24, 2.45) is 0 Å². The molecule has 354 valence electrons. The number of aliphatic hydroxyl groups excluding tert-OH is 1. The third-order valence-corrected chi connectivity index (χ3v) is 11.7. The zero-order valence-electron chi connectivity index (χ0n) is 40.1. The van der Waals surface area contributed by atoms with Crippen molar-refractivity contribution in [1.29, 1.82) is 0 Å². The second kappa shape index (κ2) is 43.2. The lowest BCUT2D eigenvalue weighted by molar-refractivity contribution is -0.870. The molecular weight excluding hydrogens is 780 g/mol. The van der Waals surface area contributed by atoms with Gasteiger partial charge in [-0.05, 0) is 64.2 Å². The number of rotatable bonds is 44. The Hall–Kier alpha value is -2.06. The third-order valence-electron chi connectivity index (χ3n) is 10.7. The molecule has 0 aliphatic carbocycles. The fourth-order valence-corrected chi connectivity index (χ4v) is 7.51. The average Bonchev–Trinajstić information content (AvgIpc) is 3.21. The molecule has 9 heteroatoms. The lowest BCUT2D eigenvalue weighted by Crippen LogP contribution is -2.45. The van der Waals surface area contributed by atoms with Crippen LogP contribution in [0.3, 0.4) is 0 Å². The fraction of sp³-hybridized carbons (Fsp3) is 0.750. The van der Waals surface area contributed by atoms with E-state index >= 15 is 0 Å². The van der Waals surface area contributed by atoms with E-state index < -0.39 is 20.0 Å². The summed E-state index contributed by atoms with van der Waals surface area (Å²) in [5.74, 6) is -0.183. The van der Waals surface area contributed by atoms with Crippen LogP contribution in [0, 0.1) is 0 Å². The van der Waals surface area contributed by atoms with Gasteiger partial charge in [-0.3, -0.25) is 13.8 Å². The number of unbranched alkanes of at least 4 members (excludes halogenated alkanes) is 21. The van der Waals surface area contributed by atoms with Crippen molar-refractivity contribution in [3.8, 4) is 0 Å². The first-order valence-electron chi connectivity index (χ1n) is 24.8. The number of amides is 1. The smallest absolute Gasteiger partial charge is 0.387 e. The quantitative estimate of drug-likeness (QED) is 0.0244. The first kappa shape index (κ1) is 58.9. The van der Waals surface area contributed by atoms with Gasteiger partial charge in [-0.1, -0.05) is 202 Å². The van der Waals surface area contributed by atoms with Crippen LogP contribution in [0.25, 0.3) is 0 Å². The minimum absolute atomic E-state index is 0.0592. The highest BCUT2D eigenvalue weighted by molar-refractivity contribution is 7.47. The van der Waals surface area contributed by atoms with Crippen LogP contribution in [0.1, 0.15) is 200 Å². The normalized spacial score (nSPS) is 14.8. The number of likely N-dealkylation sites (N-methyl/N-ethyl adjacent to an activating group) is 1. The van der Waals surface area contributed by atoms with E-state index in [1.807, 2.05) is 27.2 Å². The van der Waals surface area contributed by atoms with E-state index in [1.165, 1.54) is 109 Å². The maximum atomic E-state index is 12.9. The fourth-order valence-electron chi connectivity index (χ4n) is 6.77. The largest absolute Gasteiger partial charge is 0.472 e. The van der Waals surface area contributed by atoms with Crippen LogP contribution in [-0.2, 0) is 18.4 Å². The molecule has 3 N–H and O–H groups in total. The van der Waals surface area contributed by atoms with E-state index in [0.29, 0.717) is 17.4 Å². The van der Waals surface area contributed by atoms with E-state index in [9.17, 15) is 19.4 Å². The maximum Gasteiger partial charge on any atom is 0.472 e. The number of nitrogens with one attached hydrogen (secondary N) is 1. The summed E-state index contributed by atoms with van der Waals surface area (Å²) in [4.78, 5) is 23.1. The summed E-state index contributed by atoms with van der Waals surface area (Å²) in [6.45, 7) is 4.65. The van der Waals surface area contributed by atoms with E-state index in [2.05, 4.69) is 79.9 Å². The highest BCUT2D eigenvalue weighted by atomic mass is 31.2. The van der Waals surface area contributed by atoms with Gasteiger partial charge in [-0.2, -0.15) is 0 Å². The zero-order chi connectivity index (χ0) is 45.0. The molecule has 3 unspecified atom stereocenters. The summed E-state index contributed by atoms with van der Waals surface area (Å²) in [7, 11) is 1.56. The molecule has 0 rings (SSSR count). The van der Waals surface area contributed by atoms with Crippen LogP contribution in [-0.4, -0.2) is 73.4 Å². The number of aliphatic hydroxyl groups is 1. The van der Waals surface area contributed by atoms with Crippen LogP contribution in [0.5, 0.6) is 0 Å². The minimum atomic E-state index is -4.33. The molecule has 0 aromatic heterocycles.